The van der Waals surface area contributed by atoms with Crippen LogP contribution in [0.3, 0.4) is 0 Å². The fraction of sp³-hybridized carbons (Fsp3) is 0.545. The van der Waals surface area contributed by atoms with Crippen molar-refractivity contribution >= 4 is 5.82 Å². The van der Waals surface area contributed by atoms with Gasteiger partial charge in [-0.15, -0.1) is 0 Å². The topological polar surface area (TPSA) is 40.2 Å². The maximum atomic E-state index is 4.48. The van der Waals surface area contributed by atoms with Crippen molar-refractivity contribution in [3.63, 3.8) is 0 Å². The second-order valence-electron chi connectivity index (χ2n) is 3.79. The van der Waals surface area contributed by atoms with Crippen LogP contribution in [0, 0.1) is 0 Å². The molecule has 1 aliphatic heterocycles. The monoisotopic (exact) mass is 206 g/mol. The highest BCUT2D eigenvalue weighted by atomic mass is 15.2. The summed E-state index contributed by atoms with van der Waals surface area (Å²) in [4.78, 5) is 6.80. The van der Waals surface area contributed by atoms with Crippen LogP contribution in [0.4, 0.5) is 5.82 Å². The fourth-order valence-corrected chi connectivity index (χ4v) is 1.81. The number of anilines is 1. The normalized spacial score (nSPS) is 16.7. The molecule has 0 unspecified atom stereocenters. The molecule has 4 heteroatoms. The molecule has 0 atom stereocenters. The van der Waals surface area contributed by atoms with Crippen molar-refractivity contribution in [3.05, 3.63) is 23.9 Å². The van der Waals surface area contributed by atoms with E-state index in [4.69, 9.17) is 0 Å². The molecule has 82 valence electrons. The Bertz CT molecular complexity index is 290. The van der Waals surface area contributed by atoms with Gasteiger partial charge in [-0.05, 0) is 18.7 Å². The van der Waals surface area contributed by atoms with Gasteiger partial charge in [0.2, 0.25) is 0 Å². The Morgan fingerprint density at radius 2 is 2.20 bits per heavy atom. The third-order valence-electron chi connectivity index (χ3n) is 2.63. The van der Waals surface area contributed by atoms with Crippen molar-refractivity contribution < 1.29 is 0 Å². The molecule has 1 fully saturated rings. The lowest BCUT2D eigenvalue weighted by Crippen LogP contribution is -2.43. The molecule has 1 saturated heterocycles. The first kappa shape index (κ1) is 10.4. The number of rotatable bonds is 3. The lowest BCUT2D eigenvalue weighted by atomic mass is 10.2. The lowest BCUT2D eigenvalue weighted by molar-refractivity contribution is 0.585. The molecule has 0 radical (unpaired) electrons. The highest BCUT2D eigenvalue weighted by Crippen LogP contribution is 2.11. The Morgan fingerprint density at radius 1 is 1.40 bits per heavy atom. The number of nitrogens with zero attached hydrogens (tertiary/aromatic N) is 2. The van der Waals surface area contributed by atoms with Crippen molar-refractivity contribution in [2.45, 2.75) is 6.54 Å². The van der Waals surface area contributed by atoms with Crippen LogP contribution in [0.15, 0.2) is 18.3 Å². The van der Waals surface area contributed by atoms with E-state index in [0.29, 0.717) is 0 Å². The summed E-state index contributed by atoms with van der Waals surface area (Å²) in [6.45, 7) is 5.10. The quantitative estimate of drug-likeness (QED) is 0.742. The Morgan fingerprint density at radius 3 is 2.80 bits per heavy atom. The Balaban J connectivity index is 2.02. The van der Waals surface area contributed by atoms with Gasteiger partial charge < -0.3 is 15.5 Å². The standard InChI is InChI=1S/C11H18N4/c1-12-8-10-2-3-11(14-9-10)15-6-4-13-5-7-15/h2-3,9,12-13H,4-8H2,1H3. The number of pyridine rings is 1. The number of aromatic nitrogens is 1. The summed E-state index contributed by atoms with van der Waals surface area (Å²) in [5, 5.41) is 6.46. The minimum Gasteiger partial charge on any atom is -0.354 e. The number of hydrogen-bond acceptors (Lipinski definition) is 4. The smallest absolute Gasteiger partial charge is 0.128 e. The molecule has 1 aromatic heterocycles. The lowest BCUT2D eigenvalue weighted by Gasteiger charge is -2.28. The SMILES string of the molecule is CNCc1ccc(N2CCNCC2)nc1. The molecular weight excluding hydrogens is 188 g/mol. The van der Waals surface area contributed by atoms with Crippen molar-refractivity contribution in [1.29, 1.82) is 0 Å². The van der Waals surface area contributed by atoms with E-state index >= 15 is 0 Å². The predicted molar refractivity (Wildman–Crippen MR) is 62.1 cm³/mol. The summed E-state index contributed by atoms with van der Waals surface area (Å²) in [7, 11) is 1.95. The number of piperazine rings is 1. The van der Waals surface area contributed by atoms with Crippen LogP contribution < -0.4 is 15.5 Å². The van der Waals surface area contributed by atoms with E-state index in [-0.39, 0.29) is 0 Å². The van der Waals surface area contributed by atoms with Gasteiger partial charge in [-0.25, -0.2) is 4.98 Å². The van der Waals surface area contributed by atoms with Gasteiger partial charge in [-0.3, -0.25) is 0 Å². The van der Waals surface area contributed by atoms with E-state index in [1.807, 2.05) is 13.2 Å². The minimum absolute atomic E-state index is 0.884. The fourth-order valence-electron chi connectivity index (χ4n) is 1.81. The highest BCUT2D eigenvalue weighted by Gasteiger charge is 2.10. The zero-order valence-electron chi connectivity index (χ0n) is 9.16. The van der Waals surface area contributed by atoms with Crippen molar-refractivity contribution in [3.8, 4) is 0 Å². The second-order valence-corrected chi connectivity index (χ2v) is 3.79. The molecule has 1 aromatic rings. The first-order chi connectivity index (χ1) is 7.40. The van der Waals surface area contributed by atoms with E-state index in [9.17, 15) is 0 Å². The van der Waals surface area contributed by atoms with Crippen LogP contribution in [0.2, 0.25) is 0 Å². The molecular formula is C11H18N4. The number of nitrogens with one attached hydrogen (secondary N) is 2. The zero-order chi connectivity index (χ0) is 10.5. The van der Waals surface area contributed by atoms with Crippen LogP contribution in [0.5, 0.6) is 0 Å². The average molecular weight is 206 g/mol. The van der Waals surface area contributed by atoms with Gasteiger partial charge in [-0.1, -0.05) is 6.07 Å². The summed E-state index contributed by atoms with van der Waals surface area (Å²) in [5.74, 6) is 1.09. The molecule has 0 aromatic carbocycles. The van der Waals surface area contributed by atoms with E-state index in [2.05, 4.69) is 32.7 Å². The van der Waals surface area contributed by atoms with Gasteiger partial charge in [0, 0.05) is 38.9 Å². The Labute approximate surface area is 90.7 Å². The Kier molecular flexibility index (Phi) is 3.53. The van der Waals surface area contributed by atoms with Crippen LogP contribution in [0.1, 0.15) is 5.56 Å². The van der Waals surface area contributed by atoms with Gasteiger partial charge in [-0.2, -0.15) is 0 Å². The van der Waals surface area contributed by atoms with Gasteiger partial charge in [0.1, 0.15) is 5.82 Å². The van der Waals surface area contributed by atoms with Gasteiger partial charge in [0.25, 0.3) is 0 Å². The molecule has 0 saturated carbocycles. The first-order valence-electron chi connectivity index (χ1n) is 5.45. The summed E-state index contributed by atoms with van der Waals surface area (Å²) < 4.78 is 0. The third-order valence-corrected chi connectivity index (χ3v) is 2.63. The molecule has 2 rings (SSSR count). The molecule has 0 spiro atoms. The summed E-state index contributed by atoms with van der Waals surface area (Å²) in [5.41, 5.74) is 1.23. The molecule has 2 heterocycles. The zero-order valence-corrected chi connectivity index (χ0v) is 9.16. The van der Waals surface area contributed by atoms with Gasteiger partial charge >= 0.3 is 0 Å². The highest BCUT2D eigenvalue weighted by molar-refractivity contribution is 5.39. The van der Waals surface area contributed by atoms with Crippen molar-refractivity contribution in [2.75, 3.05) is 38.1 Å². The van der Waals surface area contributed by atoms with Crippen LogP contribution in [0.25, 0.3) is 0 Å². The minimum atomic E-state index is 0.884. The van der Waals surface area contributed by atoms with E-state index < -0.39 is 0 Å². The maximum Gasteiger partial charge on any atom is 0.128 e. The molecule has 2 N–H and O–H groups in total. The van der Waals surface area contributed by atoms with E-state index in [1.54, 1.807) is 0 Å². The maximum absolute atomic E-state index is 4.48. The molecule has 0 amide bonds. The number of hydrogen-bond donors (Lipinski definition) is 2. The predicted octanol–water partition coefficient (Wildman–Crippen LogP) is 0.211. The molecule has 15 heavy (non-hydrogen) atoms. The second kappa shape index (κ2) is 5.09. The summed E-state index contributed by atoms with van der Waals surface area (Å²) in [6, 6.07) is 4.25. The summed E-state index contributed by atoms with van der Waals surface area (Å²) >= 11 is 0. The molecule has 4 nitrogen and oxygen atoms in total. The molecule has 0 aliphatic carbocycles. The van der Waals surface area contributed by atoms with Crippen molar-refractivity contribution in [2.24, 2.45) is 0 Å². The average Bonchev–Trinajstić information content (AvgIpc) is 2.32. The van der Waals surface area contributed by atoms with E-state index in [0.717, 1.165) is 38.5 Å². The van der Waals surface area contributed by atoms with E-state index in [1.165, 1.54) is 5.56 Å². The van der Waals surface area contributed by atoms with Gasteiger partial charge in [0.15, 0.2) is 0 Å². The van der Waals surface area contributed by atoms with Crippen molar-refractivity contribution in [1.82, 2.24) is 15.6 Å². The molecule has 1 aliphatic rings. The third kappa shape index (κ3) is 2.67. The first-order valence-corrected chi connectivity index (χ1v) is 5.45. The largest absolute Gasteiger partial charge is 0.354 e. The van der Waals surface area contributed by atoms with Crippen LogP contribution in [-0.4, -0.2) is 38.2 Å². The van der Waals surface area contributed by atoms with Gasteiger partial charge in [0.05, 0.1) is 0 Å². The van der Waals surface area contributed by atoms with Crippen LogP contribution in [-0.2, 0) is 6.54 Å². The molecule has 0 bridgehead atoms. The summed E-state index contributed by atoms with van der Waals surface area (Å²) in [6.07, 6.45) is 1.95. The Hall–Kier alpha value is -1.13. The van der Waals surface area contributed by atoms with Crippen LogP contribution >= 0.6 is 0 Å².